The van der Waals surface area contributed by atoms with E-state index in [4.69, 9.17) is 4.74 Å². The monoisotopic (exact) mass is 313 g/mol. The second kappa shape index (κ2) is 6.03. The van der Waals surface area contributed by atoms with Crippen LogP contribution in [0.15, 0.2) is 36.4 Å². The van der Waals surface area contributed by atoms with Gasteiger partial charge in [0.25, 0.3) is 5.91 Å². The number of anilines is 1. The molecule has 0 radical (unpaired) electrons. The summed E-state index contributed by atoms with van der Waals surface area (Å²) < 4.78 is 19.6. The molecule has 0 N–H and O–H groups in total. The molecule has 2 aromatic rings. The highest BCUT2D eigenvalue weighted by Crippen LogP contribution is 2.30. The minimum atomic E-state index is -0.346. The topological polar surface area (TPSA) is 29.5 Å². The molecule has 0 atom stereocenters. The summed E-state index contributed by atoms with van der Waals surface area (Å²) in [7, 11) is 1.60. The Bertz CT molecular complexity index is 755. The van der Waals surface area contributed by atoms with Gasteiger partial charge in [-0.15, -0.1) is 0 Å². The van der Waals surface area contributed by atoms with E-state index in [0.717, 1.165) is 16.9 Å². The first-order valence-electron chi connectivity index (χ1n) is 7.79. The lowest BCUT2D eigenvalue weighted by Crippen LogP contribution is -2.38. The fourth-order valence-corrected chi connectivity index (χ4v) is 2.92. The molecule has 120 valence electrons. The van der Waals surface area contributed by atoms with Gasteiger partial charge in [0.05, 0.1) is 12.8 Å². The number of rotatable bonds is 3. The van der Waals surface area contributed by atoms with Crippen molar-refractivity contribution in [1.29, 1.82) is 0 Å². The molecule has 3 nitrogen and oxygen atoms in total. The number of nitrogens with zero attached hydrogens (tertiary/aromatic N) is 1. The molecule has 0 saturated heterocycles. The van der Waals surface area contributed by atoms with Gasteiger partial charge in [-0.05, 0) is 53.8 Å². The van der Waals surface area contributed by atoms with E-state index in [-0.39, 0.29) is 17.6 Å². The standard InChI is InChI=1S/C19H20FNO2/c1-12(2)13-4-7-18(17(20)11-13)21-9-8-14-10-15(23-3)5-6-16(14)19(21)22/h4-7,10-12H,8-9H2,1-3H3. The van der Waals surface area contributed by atoms with Gasteiger partial charge in [-0.2, -0.15) is 0 Å². The number of amides is 1. The van der Waals surface area contributed by atoms with Crippen LogP contribution in [0, 0.1) is 5.82 Å². The SMILES string of the molecule is COc1ccc2c(c1)CCN(c1ccc(C(C)C)cc1F)C2=O. The Morgan fingerprint density at radius 3 is 2.61 bits per heavy atom. The van der Waals surface area contributed by atoms with Crippen molar-refractivity contribution in [2.45, 2.75) is 26.2 Å². The minimum absolute atomic E-state index is 0.162. The summed E-state index contributed by atoms with van der Waals surface area (Å²) in [5, 5.41) is 0. The summed E-state index contributed by atoms with van der Waals surface area (Å²) in [6.07, 6.45) is 0.684. The van der Waals surface area contributed by atoms with Gasteiger partial charge in [-0.25, -0.2) is 4.39 Å². The van der Waals surface area contributed by atoms with Gasteiger partial charge in [0.1, 0.15) is 11.6 Å². The quantitative estimate of drug-likeness (QED) is 0.851. The summed E-state index contributed by atoms with van der Waals surface area (Å²) in [5.74, 6) is 0.480. The van der Waals surface area contributed by atoms with Crippen LogP contribution in [0.2, 0.25) is 0 Å². The molecule has 1 heterocycles. The summed E-state index contributed by atoms with van der Waals surface area (Å²) in [6, 6.07) is 10.5. The van der Waals surface area contributed by atoms with Crippen molar-refractivity contribution in [1.82, 2.24) is 0 Å². The summed E-state index contributed by atoms with van der Waals surface area (Å²) >= 11 is 0. The van der Waals surface area contributed by atoms with Crippen LogP contribution in [0.4, 0.5) is 10.1 Å². The maximum absolute atomic E-state index is 14.4. The summed E-state index contributed by atoms with van der Waals surface area (Å²) in [6.45, 7) is 4.51. The Morgan fingerprint density at radius 2 is 1.96 bits per heavy atom. The lowest BCUT2D eigenvalue weighted by atomic mass is 9.97. The second-order valence-corrected chi connectivity index (χ2v) is 6.10. The smallest absolute Gasteiger partial charge is 0.258 e. The van der Waals surface area contributed by atoms with Crippen molar-refractivity contribution in [3.8, 4) is 5.75 Å². The average Bonchev–Trinajstić information content (AvgIpc) is 2.55. The summed E-state index contributed by atoms with van der Waals surface area (Å²) in [5.41, 5.74) is 2.84. The molecule has 4 heteroatoms. The molecule has 1 amide bonds. The van der Waals surface area contributed by atoms with Crippen LogP contribution in [0.5, 0.6) is 5.75 Å². The average molecular weight is 313 g/mol. The van der Waals surface area contributed by atoms with E-state index in [2.05, 4.69) is 0 Å². The molecule has 2 aromatic carbocycles. The number of hydrogen-bond acceptors (Lipinski definition) is 2. The normalized spacial score (nSPS) is 14.1. The molecule has 1 aliphatic rings. The van der Waals surface area contributed by atoms with Gasteiger partial charge in [0.2, 0.25) is 0 Å². The van der Waals surface area contributed by atoms with Crippen molar-refractivity contribution >= 4 is 11.6 Å². The van der Waals surface area contributed by atoms with Gasteiger partial charge in [0.15, 0.2) is 0 Å². The molecule has 0 spiro atoms. The molecule has 23 heavy (non-hydrogen) atoms. The van der Waals surface area contributed by atoms with Crippen molar-refractivity contribution in [3.05, 3.63) is 58.9 Å². The molecule has 0 unspecified atom stereocenters. The van der Waals surface area contributed by atoms with Crippen molar-refractivity contribution in [2.24, 2.45) is 0 Å². The highest BCUT2D eigenvalue weighted by molar-refractivity contribution is 6.08. The highest BCUT2D eigenvalue weighted by atomic mass is 19.1. The van der Waals surface area contributed by atoms with Gasteiger partial charge in [-0.1, -0.05) is 19.9 Å². The Balaban J connectivity index is 1.95. The van der Waals surface area contributed by atoms with Crippen molar-refractivity contribution < 1.29 is 13.9 Å². The van der Waals surface area contributed by atoms with E-state index in [1.807, 2.05) is 26.0 Å². The van der Waals surface area contributed by atoms with Gasteiger partial charge in [0, 0.05) is 12.1 Å². The Morgan fingerprint density at radius 1 is 1.17 bits per heavy atom. The van der Waals surface area contributed by atoms with E-state index in [1.54, 1.807) is 25.3 Å². The molecular weight excluding hydrogens is 293 g/mol. The zero-order valence-electron chi connectivity index (χ0n) is 13.6. The number of methoxy groups -OCH3 is 1. The highest BCUT2D eigenvalue weighted by Gasteiger charge is 2.27. The Hall–Kier alpha value is -2.36. The largest absolute Gasteiger partial charge is 0.497 e. The predicted molar refractivity (Wildman–Crippen MR) is 88.9 cm³/mol. The fourth-order valence-electron chi connectivity index (χ4n) is 2.92. The summed E-state index contributed by atoms with van der Waals surface area (Å²) in [4.78, 5) is 14.2. The van der Waals surface area contributed by atoms with E-state index < -0.39 is 0 Å². The van der Waals surface area contributed by atoms with E-state index in [1.165, 1.54) is 11.0 Å². The molecule has 3 rings (SSSR count). The third-order valence-corrected chi connectivity index (χ3v) is 4.32. The maximum atomic E-state index is 14.4. The van der Waals surface area contributed by atoms with Crippen LogP contribution in [0.25, 0.3) is 0 Å². The van der Waals surface area contributed by atoms with Crippen LogP contribution in [0.1, 0.15) is 41.3 Å². The molecule has 0 aromatic heterocycles. The first-order chi connectivity index (χ1) is 11.0. The fraction of sp³-hybridized carbons (Fsp3) is 0.316. The number of benzene rings is 2. The third-order valence-electron chi connectivity index (χ3n) is 4.32. The first-order valence-corrected chi connectivity index (χ1v) is 7.79. The van der Waals surface area contributed by atoms with Crippen LogP contribution in [-0.2, 0) is 6.42 Å². The third kappa shape index (κ3) is 2.81. The van der Waals surface area contributed by atoms with E-state index in [0.29, 0.717) is 24.2 Å². The van der Waals surface area contributed by atoms with Crippen LogP contribution in [0.3, 0.4) is 0 Å². The van der Waals surface area contributed by atoms with Crippen LogP contribution >= 0.6 is 0 Å². The predicted octanol–water partition coefficient (Wildman–Crippen LogP) is 4.16. The number of hydrogen-bond donors (Lipinski definition) is 0. The molecular formula is C19H20FNO2. The molecule has 0 aliphatic carbocycles. The minimum Gasteiger partial charge on any atom is -0.497 e. The van der Waals surface area contributed by atoms with Crippen LogP contribution < -0.4 is 9.64 Å². The molecule has 0 fully saturated rings. The first kappa shape index (κ1) is 15.5. The zero-order chi connectivity index (χ0) is 16.6. The molecule has 1 aliphatic heterocycles. The number of fused-ring (bicyclic) bond motifs is 1. The van der Waals surface area contributed by atoms with Gasteiger partial charge in [-0.3, -0.25) is 4.79 Å². The molecule has 0 bridgehead atoms. The lowest BCUT2D eigenvalue weighted by molar-refractivity contribution is 0.0979. The van der Waals surface area contributed by atoms with E-state index >= 15 is 0 Å². The number of carbonyl (C=O) groups excluding carboxylic acids is 1. The van der Waals surface area contributed by atoms with Crippen molar-refractivity contribution in [2.75, 3.05) is 18.6 Å². The van der Waals surface area contributed by atoms with Gasteiger partial charge < -0.3 is 9.64 Å². The van der Waals surface area contributed by atoms with E-state index in [9.17, 15) is 9.18 Å². The zero-order valence-corrected chi connectivity index (χ0v) is 13.6. The van der Waals surface area contributed by atoms with Crippen LogP contribution in [-0.4, -0.2) is 19.6 Å². The molecule has 0 saturated carbocycles. The lowest BCUT2D eigenvalue weighted by Gasteiger charge is -2.29. The number of ether oxygens (including phenoxy) is 1. The van der Waals surface area contributed by atoms with Gasteiger partial charge >= 0.3 is 0 Å². The Labute approximate surface area is 135 Å². The number of halogens is 1. The number of carbonyl (C=O) groups is 1. The maximum Gasteiger partial charge on any atom is 0.258 e. The van der Waals surface area contributed by atoms with Crippen molar-refractivity contribution in [3.63, 3.8) is 0 Å². The Kier molecular flexibility index (Phi) is 4.07. The second-order valence-electron chi connectivity index (χ2n) is 6.10.